The summed E-state index contributed by atoms with van der Waals surface area (Å²) in [5.74, 6) is 0. The molecule has 0 aromatic carbocycles. The highest BCUT2D eigenvalue weighted by atomic mass is 35.5. The summed E-state index contributed by atoms with van der Waals surface area (Å²) < 4.78 is 123. The van der Waals surface area contributed by atoms with Gasteiger partial charge in [0.1, 0.15) is 0 Å². The molecule has 0 amide bonds. The number of rotatable bonds is 6. The zero-order valence-electron chi connectivity index (χ0n) is 8.53. The van der Waals surface area contributed by atoms with Gasteiger partial charge in [0.05, 0.1) is 0 Å². The predicted molar refractivity (Wildman–Crippen MR) is 44.7 cm³/mol. The molecule has 1 N–H and O–H groups in total. The lowest BCUT2D eigenvalue weighted by Gasteiger charge is -2.30. The van der Waals surface area contributed by atoms with Gasteiger partial charge in [-0.3, -0.25) is 0 Å². The number of sulfonamides is 1. The number of nitrogens with one attached hydrogen (secondary N) is 1. The van der Waals surface area contributed by atoms with Crippen LogP contribution in [0.4, 0.5) is 35.1 Å². The summed E-state index contributed by atoms with van der Waals surface area (Å²) in [6, 6.07) is 0. The van der Waals surface area contributed by atoms with Gasteiger partial charge in [0.15, 0.2) is 0 Å². The number of alkyl halides is 9. The van der Waals surface area contributed by atoms with Crippen LogP contribution in [0.2, 0.25) is 0 Å². The maximum absolute atomic E-state index is 12.8. The van der Waals surface area contributed by atoms with Crippen LogP contribution in [0.1, 0.15) is 0 Å². The topological polar surface area (TPSA) is 55.4 Å². The highest BCUT2D eigenvalue weighted by Crippen LogP contribution is 2.47. The lowest BCUT2D eigenvalue weighted by atomic mass is 10.6. The molecule has 0 heterocycles. The third kappa shape index (κ3) is 3.38. The Morgan fingerprint density at radius 2 is 1.32 bits per heavy atom. The molecule has 0 atom stereocenters. The Balaban J connectivity index is 5.55. The van der Waals surface area contributed by atoms with Crippen LogP contribution in [0.3, 0.4) is 0 Å². The van der Waals surface area contributed by atoms with E-state index in [0.29, 0.717) is 4.72 Å². The van der Waals surface area contributed by atoms with Gasteiger partial charge in [-0.25, -0.2) is 17.9 Å². The highest BCUT2D eigenvalue weighted by molar-refractivity contribution is 7.90. The molecular formula is C5H4ClF8NO3S. The van der Waals surface area contributed by atoms with E-state index in [1.165, 1.54) is 0 Å². The average molecular weight is 346 g/mol. The van der Waals surface area contributed by atoms with Gasteiger partial charge in [-0.15, -0.1) is 0 Å². The van der Waals surface area contributed by atoms with Gasteiger partial charge >= 0.3 is 22.9 Å². The summed E-state index contributed by atoms with van der Waals surface area (Å²) in [5, 5.41) is -12.0. The van der Waals surface area contributed by atoms with E-state index < -0.39 is 32.9 Å². The van der Waals surface area contributed by atoms with Crippen LogP contribution in [0, 0.1) is 0 Å². The second-order valence-corrected chi connectivity index (χ2v) is 5.26. The van der Waals surface area contributed by atoms with E-state index in [2.05, 4.69) is 11.6 Å². The zero-order valence-corrected chi connectivity index (χ0v) is 10.1. The molecule has 116 valence electrons. The van der Waals surface area contributed by atoms with Gasteiger partial charge in [0, 0.05) is 0 Å². The van der Waals surface area contributed by atoms with Crippen molar-refractivity contribution in [3.8, 4) is 0 Å². The first-order valence-corrected chi connectivity index (χ1v) is 5.71. The zero-order chi connectivity index (χ0) is 15.9. The number of halogens is 9. The third-order valence-corrected chi connectivity index (χ3v) is 3.20. The molecule has 0 aliphatic rings. The van der Waals surface area contributed by atoms with Gasteiger partial charge in [0.2, 0.25) is 0 Å². The minimum atomic E-state index is -6.48. The molecule has 4 nitrogen and oxygen atoms in total. The Bertz CT molecular complexity index is 432. The number of hydrogen-bond donors (Lipinski definition) is 1. The van der Waals surface area contributed by atoms with Crippen LogP contribution in [-0.2, 0) is 14.8 Å². The summed E-state index contributed by atoms with van der Waals surface area (Å²) >= 11 is 3.68. The molecule has 0 saturated carbocycles. The van der Waals surface area contributed by atoms with E-state index in [4.69, 9.17) is 0 Å². The van der Waals surface area contributed by atoms with Crippen molar-refractivity contribution in [1.82, 2.24) is 4.72 Å². The van der Waals surface area contributed by atoms with E-state index in [0.717, 1.165) is 0 Å². The molecule has 0 rings (SSSR count). The summed E-state index contributed by atoms with van der Waals surface area (Å²) in [7, 11) is -5.90. The van der Waals surface area contributed by atoms with E-state index in [1.54, 1.807) is 0 Å². The fourth-order valence-electron chi connectivity index (χ4n) is 0.563. The average Bonchev–Trinajstić information content (AvgIpc) is 2.13. The van der Waals surface area contributed by atoms with Crippen molar-refractivity contribution >= 4 is 21.6 Å². The Kier molecular flexibility index (Phi) is 4.75. The van der Waals surface area contributed by atoms with Crippen LogP contribution in [0.15, 0.2) is 0 Å². The van der Waals surface area contributed by atoms with E-state index in [-0.39, 0.29) is 7.05 Å². The van der Waals surface area contributed by atoms with E-state index in [9.17, 15) is 43.5 Å². The second kappa shape index (κ2) is 4.86. The first-order chi connectivity index (χ1) is 8.02. The lowest BCUT2D eigenvalue weighted by molar-refractivity contribution is -0.442. The van der Waals surface area contributed by atoms with Gasteiger partial charge < -0.3 is 0 Å². The predicted octanol–water partition coefficient (Wildman–Crippen LogP) is 2.16. The summed E-state index contributed by atoms with van der Waals surface area (Å²) in [4.78, 5) is 0. The van der Waals surface area contributed by atoms with Gasteiger partial charge in [0.25, 0.3) is 10.0 Å². The lowest BCUT2D eigenvalue weighted by Crippen LogP contribution is -2.57. The molecule has 14 heteroatoms. The van der Waals surface area contributed by atoms with Crippen LogP contribution in [0.25, 0.3) is 0 Å². The molecule has 19 heavy (non-hydrogen) atoms. The van der Waals surface area contributed by atoms with Gasteiger partial charge in [-0.05, 0) is 18.6 Å². The van der Waals surface area contributed by atoms with Crippen molar-refractivity contribution in [1.29, 1.82) is 0 Å². The fraction of sp³-hybridized carbons (Fsp3) is 1.00. The Hall–Kier alpha value is -0.400. The molecule has 0 aliphatic carbocycles. The maximum atomic E-state index is 12.8. The summed E-state index contributed by atoms with van der Waals surface area (Å²) in [5.41, 5.74) is 0. The van der Waals surface area contributed by atoms with Crippen LogP contribution in [-0.4, -0.2) is 38.3 Å². The molecule has 0 saturated heterocycles. The number of ether oxygens (including phenoxy) is 1. The largest absolute Gasteiger partial charge is 0.448 e. The Morgan fingerprint density at radius 1 is 0.947 bits per heavy atom. The Labute approximate surface area is 105 Å². The first kappa shape index (κ1) is 18.6. The standard InChI is InChI=1S/C5H4ClF8NO3S/c1-15-19(16,17)5(13,14)4(11,12)18-3(9,10)2(6,7)8/h15H,1H3. The van der Waals surface area contributed by atoms with Crippen molar-refractivity contribution in [2.24, 2.45) is 0 Å². The van der Waals surface area contributed by atoms with Crippen molar-refractivity contribution in [3.63, 3.8) is 0 Å². The van der Waals surface area contributed by atoms with Crippen molar-refractivity contribution < 1.29 is 48.3 Å². The normalized spacial score (nSPS) is 15.7. The van der Waals surface area contributed by atoms with Crippen molar-refractivity contribution in [3.05, 3.63) is 0 Å². The summed E-state index contributed by atoms with van der Waals surface area (Å²) in [6.07, 6.45) is -12.7. The SMILES string of the molecule is CNS(=O)(=O)C(F)(F)C(F)(F)OC(F)(F)C(F)(F)Cl. The minimum Gasteiger partial charge on any atom is -0.243 e. The van der Waals surface area contributed by atoms with Crippen molar-refractivity contribution in [2.45, 2.75) is 22.9 Å². The summed E-state index contributed by atoms with van der Waals surface area (Å²) in [6.45, 7) is 0. The van der Waals surface area contributed by atoms with E-state index >= 15 is 0 Å². The van der Waals surface area contributed by atoms with E-state index in [1.807, 2.05) is 4.74 Å². The maximum Gasteiger partial charge on any atom is 0.448 e. The van der Waals surface area contributed by atoms with Crippen LogP contribution >= 0.6 is 11.6 Å². The monoisotopic (exact) mass is 345 g/mol. The molecule has 0 aromatic rings. The molecular weight excluding hydrogens is 342 g/mol. The second-order valence-electron chi connectivity index (χ2n) is 2.86. The fourth-order valence-corrected chi connectivity index (χ4v) is 1.21. The first-order valence-electron chi connectivity index (χ1n) is 3.85. The molecule has 0 spiro atoms. The van der Waals surface area contributed by atoms with Crippen LogP contribution < -0.4 is 4.72 Å². The molecule has 0 radical (unpaired) electrons. The minimum absolute atomic E-state index is 0.258. The van der Waals surface area contributed by atoms with Crippen molar-refractivity contribution in [2.75, 3.05) is 7.05 Å². The van der Waals surface area contributed by atoms with Gasteiger partial charge in [-0.1, -0.05) is 0 Å². The Morgan fingerprint density at radius 3 is 1.58 bits per heavy atom. The third-order valence-electron chi connectivity index (χ3n) is 1.53. The molecule has 0 fully saturated rings. The molecule has 0 aromatic heterocycles. The molecule has 0 unspecified atom stereocenters. The quantitative estimate of drug-likeness (QED) is 0.593. The van der Waals surface area contributed by atoms with Gasteiger partial charge in [-0.2, -0.15) is 35.1 Å². The highest BCUT2D eigenvalue weighted by Gasteiger charge is 2.73. The number of hydrogen-bond acceptors (Lipinski definition) is 3. The smallest absolute Gasteiger partial charge is 0.243 e. The molecule has 0 aliphatic heterocycles. The molecule has 0 bridgehead atoms. The van der Waals surface area contributed by atoms with Crippen LogP contribution in [0.5, 0.6) is 0 Å².